The van der Waals surface area contributed by atoms with Gasteiger partial charge in [0.2, 0.25) is 5.91 Å². The molecule has 0 saturated carbocycles. The molecular weight excluding hydrogens is 488 g/mol. The topological polar surface area (TPSA) is 76.5 Å². The third-order valence-corrected chi connectivity index (χ3v) is 8.48. The molecule has 176 valence electrons. The minimum atomic E-state index is -0.128. The number of nitrogens with one attached hydrogen (secondary N) is 1. The van der Waals surface area contributed by atoms with E-state index in [-0.39, 0.29) is 17.2 Å². The maximum atomic E-state index is 12.5. The van der Waals surface area contributed by atoms with Crippen molar-refractivity contribution in [1.29, 1.82) is 0 Å². The molecule has 2 bridgehead atoms. The van der Waals surface area contributed by atoms with E-state index in [1.807, 2.05) is 46.3 Å². The third kappa shape index (κ3) is 4.89. The average Bonchev–Trinajstić information content (AvgIpc) is 3.31. The highest BCUT2D eigenvalue weighted by Gasteiger charge is 2.35. The maximum absolute atomic E-state index is 12.5. The Labute approximate surface area is 211 Å². The van der Waals surface area contributed by atoms with Crippen LogP contribution in [0.15, 0.2) is 52.6 Å². The largest absolute Gasteiger partial charge is 0.497 e. The van der Waals surface area contributed by atoms with E-state index < -0.39 is 0 Å². The van der Waals surface area contributed by atoms with Gasteiger partial charge < -0.3 is 19.5 Å². The predicted molar refractivity (Wildman–Crippen MR) is 141 cm³/mol. The van der Waals surface area contributed by atoms with Gasteiger partial charge in [0, 0.05) is 48.3 Å². The normalized spacial score (nSPS) is 18.8. The van der Waals surface area contributed by atoms with Crippen LogP contribution < -0.4 is 15.6 Å². The average molecular weight is 513 g/mol. The standard InChI is InChI=1S/C24H24N4O3S3/c1-31-18-7-5-16(6-8-18)19-13-33-23(25-19)26-21(29)14-34-24(32)27-10-15-9-17(12-27)20-3-2-4-22(30)28(20)11-15/h2-8,13,15,17H,9-12,14H2,1H3,(H,25,26,29). The molecule has 2 aliphatic rings. The van der Waals surface area contributed by atoms with Gasteiger partial charge in [-0.1, -0.05) is 30.0 Å². The summed E-state index contributed by atoms with van der Waals surface area (Å²) in [6.07, 6.45) is 1.08. The number of hydrogen-bond donors (Lipinski definition) is 1. The van der Waals surface area contributed by atoms with Gasteiger partial charge >= 0.3 is 0 Å². The number of thiocarbonyl (C=S) groups is 1. The number of ether oxygens (including phenoxy) is 1. The van der Waals surface area contributed by atoms with E-state index in [0.29, 0.717) is 17.0 Å². The van der Waals surface area contributed by atoms with Crippen molar-refractivity contribution in [3.63, 3.8) is 0 Å². The number of thiazole rings is 1. The van der Waals surface area contributed by atoms with E-state index in [9.17, 15) is 9.59 Å². The lowest BCUT2D eigenvalue weighted by atomic mass is 9.83. The maximum Gasteiger partial charge on any atom is 0.250 e. The van der Waals surface area contributed by atoms with Crippen molar-refractivity contribution in [2.45, 2.75) is 18.9 Å². The van der Waals surface area contributed by atoms with Crippen LogP contribution in [-0.4, -0.2) is 50.6 Å². The van der Waals surface area contributed by atoms with Gasteiger partial charge in [-0.25, -0.2) is 4.98 Å². The number of thioether (sulfide) groups is 1. The van der Waals surface area contributed by atoms with Crippen molar-refractivity contribution in [2.24, 2.45) is 5.92 Å². The molecule has 2 unspecified atom stereocenters. The molecule has 1 N–H and O–H groups in total. The Morgan fingerprint density at radius 1 is 1.24 bits per heavy atom. The van der Waals surface area contributed by atoms with Crippen molar-refractivity contribution in [2.75, 3.05) is 31.3 Å². The zero-order chi connectivity index (χ0) is 23.7. The molecule has 1 saturated heterocycles. The first kappa shape index (κ1) is 23.1. The Kier molecular flexibility index (Phi) is 6.71. The molecular formula is C24H24N4O3S3. The quantitative estimate of drug-likeness (QED) is 0.517. The fourth-order valence-corrected chi connectivity index (χ4v) is 6.37. The number of fused-ring (bicyclic) bond motifs is 4. The van der Waals surface area contributed by atoms with Crippen LogP contribution in [0.1, 0.15) is 18.0 Å². The molecule has 1 aromatic carbocycles. The number of nitrogens with zero attached hydrogens (tertiary/aromatic N) is 3. The van der Waals surface area contributed by atoms with Gasteiger partial charge in [-0.2, -0.15) is 0 Å². The Morgan fingerprint density at radius 2 is 2.06 bits per heavy atom. The van der Waals surface area contributed by atoms with Crippen LogP contribution in [0.4, 0.5) is 5.13 Å². The van der Waals surface area contributed by atoms with Crippen LogP contribution in [0.5, 0.6) is 5.75 Å². The number of anilines is 1. The first-order chi connectivity index (χ1) is 16.5. The van der Waals surface area contributed by atoms with Crippen molar-refractivity contribution in [3.8, 4) is 17.0 Å². The molecule has 1 amide bonds. The Balaban J connectivity index is 1.15. The molecule has 2 atom stereocenters. The smallest absolute Gasteiger partial charge is 0.250 e. The van der Waals surface area contributed by atoms with Crippen molar-refractivity contribution >= 4 is 50.7 Å². The monoisotopic (exact) mass is 512 g/mol. The fourth-order valence-electron chi connectivity index (χ4n) is 4.64. The lowest BCUT2D eigenvalue weighted by Gasteiger charge is -2.43. The summed E-state index contributed by atoms with van der Waals surface area (Å²) in [4.78, 5) is 31.5. The molecule has 2 aromatic heterocycles. The van der Waals surface area contributed by atoms with Crippen molar-refractivity contribution in [1.82, 2.24) is 14.5 Å². The van der Waals surface area contributed by atoms with Crippen LogP contribution in [0.2, 0.25) is 0 Å². The molecule has 3 aromatic rings. The molecule has 34 heavy (non-hydrogen) atoms. The summed E-state index contributed by atoms with van der Waals surface area (Å²) >= 11 is 8.44. The summed E-state index contributed by atoms with van der Waals surface area (Å²) in [5, 5.41) is 5.37. The van der Waals surface area contributed by atoms with E-state index >= 15 is 0 Å². The molecule has 10 heteroatoms. The SMILES string of the molecule is COc1ccc(-c2csc(NC(=O)CSC(=S)N3CC4CC(C3)c3cccc(=O)n3C4)n2)cc1. The number of likely N-dealkylation sites (tertiary alicyclic amines) is 1. The van der Waals surface area contributed by atoms with Crippen molar-refractivity contribution in [3.05, 3.63) is 63.9 Å². The van der Waals surface area contributed by atoms with Crippen LogP contribution in [0.25, 0.3) is 11.3 Å². The number of rotatable bonds is 5. The molecule has 0 aliphatic carbocycles. The number of aromatic nitrogens is 2. The van der Waals surface area contributed by atoms with E-state index in [1.165, 1.54) is 23.1 Å². The minimum Gasteiger partial charge on any atom is -0.497 e. The summed E-state index contributed by atoms with van der Waals surface area (Å²) in [6.45, 7) is 2.34. The first-order valence-electron chi connectivity index (χ1n) is 11.0. The van der Waals surface area contributed by atoms with Gasteiger partial charge in [0.1, 0.15) is 10.1 Å². The molecule has 2 aliphatic heterocycles. The lowest BCUT2D eigenvalue weighted by Crippen LogP contribution is -2.48. The van der Waals surface area contributed by atoms with E-state index in [4.69, 9.17) is 17.0 Å². The molecule has 1 fully saturated rings. The summed E-state index contributed by atoms with van der Waals surface area (Å²) in [7, 11) is 1.63. The summed E-state index contributed by atoms with van der Waals surface area (Å²) in [6, 6.07) is 13.2. The minimum absolute atomic E-state index is 0.0756. The van der Waals surface area contributed by atoms with Gasteiger partial charge in [-0.15, -0.1) is 11.3 Å². The number of hydrogen-bond acceptors (Lipinski definition) is 7. The second kappa shape index (κ2) is 9.89. The molecule has 4 heterocycles. The zero-order valence-electron chi connectivity index (χ0n) is 18.6. The number of piperidine rings is 1. The third-order valence-electron chi connectivity index (χ3n) is 6.20. The number of carbonyl (C=O) groups is 1. The number of amides is 1. The van der Waals surface area contributed by atoms with Gasteiger partial charge in [0.15, 0.2) is 5.13 Å². The van der Waals surface area contributed by atoms with Crippen molar-refractivity contribution < 1.29 is 9.53 Å². The van der Waals surface area contributed by atoms with Crippen LogP contribution >= 0.6 is 35.3 Å². The second-order valence-corrected chi connectivity index (χ2v) is 10.9. The van der Waals surface area contributed by atoms with E-state index in [2.05, 4.69) is 15.2 Å². The van der Waals surface area contributed by atoms with Crippen LogP contribution in [0, 0.1) is 5.92 Å². The Bertz CT molecular complexity index is 1270. The molecule has 7 nitrogen and oxygen atoms in total. The van der Waals surface area contributed by atoms with Gasteiger partial charge in [0.05, 0.1) is 18.6 Å². The molecule has 5 rings (SSSR count). The predicted octanol–water partition coefficient (Wildman–Crippen LogP) is 4.06. The van der Waals surface area contributed by atoms with Gasteiger partial charge in [-0.05, 0) is 42.7 Å². The number of carbonyl (C=O) groups excluding carboxylic acids is 1. The Morgan fingerprint density at radius 3 is 2.85 bits per heavy atom. The zero-order valence-corrected chi connectivity index (χ0v) is 21.0. The number of benzene rings is 1. The van der Waals surface area contributed by atoms with Crippen LogP contribution in [0.3, 0.4) is 0 Å². The Hall–Kier alpha value is -2.69. The highest BCUT2D eigenvalue weighted by atomic mass is 32.2. The van der Waals surface area contributed by atoms with Crippen LogP contribution in [-0.2, 0) is 11.3 Å². The van der Waals surface area contributed by atoms with Gasteiger partial charge in [0.25, 0.3) is 5.56 Å². The number of methoxy groups -OCH3 is 1. The summed E-state index contributed by atoms with van der Waals surface area (Å²) in [5.74, 6) is 1.58. The van der Waals surface area contributed by atoms with E-state index in [0.717, 1.165) is 53.1 Å². The lowest BCUT2D eigenvalue weighted by molar-refractivity contribution is -0.113. The summed E-state index contributed by atoms with van der Waals surface area (Å²) < 4.78 is 7.83. The highest BCUT2D eigenvalue weighted by molar-refractivity contribution is 8.23. The molecule has 0 spiro atoms. The fraction of sp³-hybridized carbons (Fsp3) is 0.333. The highest BCUT2D eigenvalue weighted by Crippen LogP contribution is 2.36. The van der Waals surface area contributed by atoms with Gasteiger partial charge in [-0.3, -0.25) is 9.59 Å². The first-order valence-corrected chi connectivity index (χ1v) is 13.3. The number of pyridine rings is 1. The van der Waals surface area contributed by atoms with E-state index in [1.54, 1.807) is 13.2 Å². The molecule has 0 radical (unpaired) electrons. The summed E-state index contributed by atoms with van der Waals surface area (Å²) in [5.41, 5.74) is 2.94. The second-order valence-electron chi connectivity index (χ2n) is 8.47.